The Morgan fingerprint density at radius 3 is 2.28 bits per heavy atom. The third kappa shape index (κ3) is 3.37. The maximum Gasteiger partial charge on any atom is 0.195 e. The van der Waals surface area contributed by atoms with E-state index in [0.29, 0.717) is 19.6 Å². The highest BCUT2D eigenvalue weighted by molar-refractivity contribution is 6.22. The van der Waals surface area contributed by atoms with Gasteiger partial charge in [-0.1, -0.05) is 36.4 Å². The van der Waals surface area contributed by atoms with Crippen LogP contribution in [0.15, 0.2) is 42.0 Å². The van der Waals surface area contributed by atoms with Gasteiger partial charge in [0.2, 0.25) is 0 Å². The number of carbonyl (C=O) groups is 1. The number of hydrogen-bond donors (Lipinski definition) is 3. The highest BCUT2D eigenvalue weighted by Gasteiger charge is 2.32. The molecule has 2 aromatic rings. The topological polar surface area (TPSA) is 96.8 Å². The van der Waals surface area contributed by atoms with Crippen molar-refractivity contribution >= 4 is 22.6 Å². The number of nitrogens with two attached hydrogens (primary N) is 2. The monoisotopic (exact) mass is 340 g/mol. The summed E-state index contributed by atoms with van der Waals surface area (Å²) >= 11 is 0. The van der Waals surface area contributed by atoms with Gasteiger partial charge in [-0.25, -0.2) is 0 Å². The Morgan fingerprint density at radius 1 is 0.960 bits per heavy atom. The standard InChI is InChI=1S/C20H27N4O/c21-7-10-24(11-8-22,12-9-23)14-17-13-16-5-1-3-15-4-2-6-18(19(15)16)20(17)25/h1-6,13H,7-12,14,21-23H2/q+1/p+1. The van der Waals surface area contributed by atoms with Crippen LogP contribution < -0.4 is 17.2 Å². The fraction of sp³-hybridized carbons (Fsp3) is 0.350. The van der Waals surface area contributed by atoms with Gasteiger partial charge in [0, 0.05) is 24.0 Å². The van der Waals surface area contributed by atoms with Crippen LogP contribution in [0.1, 0.15) is 15.9 Å². The first-order valence-electron chi connectivity index (χ1n) is 8.95. The zero-order valence-electron chi connectivity index (χ0n) is 14.7. The van der Waals surface area contributed by atoms with E-state index in [4.69, 9.17) is 11.5 Å². The SMILES string of the molecule is NCC[N+](CCN)(CC[NH3+])CC1=Cc2cccc3cccc(c23)C1=O. The molecule has 0 unspecified atom stereocenters. The minimum absolute atomic E-state index is 0.130. The number of rotatable bonds is 8. The molecule has 0 atom stereocenters. The third-order valence-electron chi connectivity index (χ3n) is 5.15. The number of Topliss-reactive ketones (excluding diaryl/α,β-unsaturated/α-hetero) is 1. The summed E-state index contributed by atoms with van der Waals surface area (Å²) in [7, 11) is 0. The van der Waals surface area contributed by atoms with Gasteiger partial charge in [0.25, 0.3) is 0 Å². The first kappa shape index (κ1) is 17.8. The molecular formula is C20H28N4O+2. The Balaban J connectivity index is 2.03. The van der Waals surface area contributed by atoms with Gasteiger partial charge in [0.1, 0.15) is 19.6 Å². The lowest BCUT2D eigenvalue weighted by atomic mass is 9.87. The van der Waals surface area contributed by atoms with E-state index in [1.165, 1.54) is 0 Å². The van der Waals surface area contributed by atoms with Gasteiger partial charge in [-0.05, 0) is 17.0 Å². The minimum Gasteiger partial charge on any atom is -0.353 e. The molecule has 2 aromatic carbocycles. The van der Waals surface area contributed by atoms with Gasteiger partial charge in [-0.3, -0.25) is 4.79 Å². The van der Waals surface area contributed by atoms with Crippen molar-refractivity contribution < 1.29 is 15.0 Å². The molecule has 132 valence electrons. The highest BCUT2D eigenvalue weighted by atomic mass is 16.1. The zero-order chi connectivity index (χ0) is 17.9. The molecule has 7 N–H and O–H groups in total. The Labute approximate surface area is 148 Å². The Morgan fingerprint density at radius 2 is 1.64 bits per heavy atom. The van der Waals surface area contributed by atoms with E-state index in [1.54, 1.807) is 0 Å². The van der Waals surface area contributed by atoms with Crippen molar-refractivity contribution in [1.29, 1.82) is 0 Å². The van der Waals surface area contributed by atoms with Crippen molar-refractivity contribution in [3.05, 3.63) is 53.1 Å². The number of quaternary nitrogens is 2. The first-order valence-corrected chi connectivity index (χ1v) is 8.95. The average molecular weight is 340 g/mol. The summed E-state index contributed by atoms with van der Waals surface area (Å²) in [5, 5.41) is 2.17. The van der Waals surface area contributed by atoms with Gasteiger partial charge in [-0.2, -0.15) is 0 Å². The fourth-order valence-corrected chi connectivity index (χ4v) is 4.04. The molecule has 0 aliphatic heterocycles. The zero-order valence-corrected chi connectivity index (χ0v) is 14.7. The first-order chi connectivity index (χ1) is 12.1. The van der Waals surface area contributed by atoms with Gasteiger partial charge in [0.05, 0.1) is 18.7 Å². The molecule has 5 nitrogen and oxygen atoms in total. The van der Waals surface area contributed by atoms with E-state index < -0.39 is 0 Å². The minimum atomic E-state index is 0.130. The van der Waals surface area contributed by atoms with Crippen LogP contribution >= 0.6 is 0 Å². The molecule has 0 fully saturated rings. The second-order valence-corrected chi connectivity index (χ2v) is 6.85. The number of benzene rings is 2. The van der Waals surface area contributed by atoms with Crippen molar-refractivity contribution in [2.24, 2.45) is 11.5 Å². The smallest absolute Gasteiger partial charge is 0.195 e. The Bertz CT molecular complexity index is 790. The molecule has 25 heavy (non-hydrogen) atoms. The molecule has 0 saturated heterocycles. The summed E-state index contributed by atoms with van der Waals surface area (Å²) < 4.78 is 0.728. The predicted octanol–water partition coefficient (Wildman–Crippen LogP) is 0.396. The number of ketones is 1. The van der Waals surface area contributed by atoms with Crippen molar-refractivity contribution in [2.75, 3.05) is 45.8 Å². The van der Waals surface area contributed by atoms with Crippen molar-refractivity contribution in [1.82, 2.24) is 0 Å². The van der Waals surface area contributed by atoms with E-state index in [-0.39, 0.29) is 5.78 Å². The molecule has 0 bridgehead atoms. The van der Waals surface area contributed by atoms with Crippen molar-refractivity contribution in [2.45, 2.75) is 0 Å². The molecular weight excluding hydrogens is 312 g/mol. The summed E-state index contributed by atoms with van der Waals surface area (Å²) in [5.41, 5.74) is 18.5. The average Bonchev–Trinajstić information content (AvgIpc) is 2.60. The van der Waals surface area contributed by atoms with E-state index >= 15 is 0 Å². The molecule has 5 heteroatoms. The van der Waals surface area contributed by atoms with E-state index in [9.17, 15) is 4.79 Å². The van der Waals surface area contributed by atoms with Crippen molar-refractivity contribution in [3.63, 3.8) is 0 Å². The van der Waals surface area contributed by atoms with Crippen LogP contribution in [0.5, 0.6) is 0 Å². The summed E-state index contributed by atoms with van der Waals surface area (Å²) in [4.78, 5) is 13.1. The summed E-state index contributed by atoms with van der Waals surface area (Å²) in [6.07, 6.45) is 2.06. The van der Waals surface area contributed by atoms with Gasteiger partial charge >= 0.3 is 0 Å². The van der Waals surface area contributed by atoms with Crippen LogP contribution in [0.2, 0.25) is 0 Å². The van der Waals surface area contributed by atoms with Crippen LogP contribution in [-0.2, 0) is 0 Å². The van der Waals surface area contributed by atoms with E-state index in [0.717, 1.165) is 58.1 Å². The molecule has 0 amide bonds. The van der Waals surface area contributed by atoms with Crippen LogP contribution in [0.25, 0.3) is 16.8 Å². The van der Waals surface area contributed by atoms with Gasteiger partial charge in [-0.15, -0.1) is 0 Å². The van der Waals surface area contributed by atoms with Gasteiger partial charge in [0.15, 0.2) is 5.78 Å². The predicted molar refractivity (Wildman–Crippen MR) is 102 cm³/mol. The maximum absolute atomic E-state index is 13.1. The molecule has 3 rings (SSSR count). The maximum atomic E-state index is 13.1. The molecule has 0 aromatic heterocycles. The lowest BCUT2D eigenvalue weighted by Gasteiger charge is -2.38. The molecule has 0 heterocycles. The lowest BCUT2D eigenvalue weighted by molar-refractivity contribution is -0.925. The van der Waals surface area contributed by atoms with Crippen LogP contribution in [0.4, 0.5) is 0 Å². The third-order valence-corrected chi connectivity index (χ3v) is 5.15. The fourth-order valence-electron chi connectivity index (χ4n) is 4.04. The molecule has 1 aliphatic carbocycles. The Hall–Kier alpha value is -2.05. The summed E-state index contributed by atoms with van der Waals surface area (Å²) in [6.45, 7) is 5.11. The lowest BCUT2D eigenvalue weighted by Crippen LogP contribution is -2.63. The van der Waals surface area contributed by atoms with E-state index in [2.05, 4.69) is 30.0 Å². The number of carbonyl (C=O) groups excluding carboxylic acids is 1. The molecule has 0 saturated carbocycles. The largest absolute Gasteiger partial charge is 0.353 e. The molecule has 0 radical (unpaired) electrons. The second-order valence-electron chi connectivity index (χ2n) is 6.85. The molecule has 1 aliphatic rings. The Kier molecular flexibility index (Phi) is 5.30. The second kappa shape index (κ2) is 7.45. The summed E-state index contributed by atoms with van der Waals surface area (Å²) in [5.74, 6) is 0.130. The highest BCUT2D eigenvalue weighted by Crippen LogP contribution is 2.32. The number of hydrogen-bond acceptors (Lipinski definition) is 3. The van der Waals surface area contributed by atoms with E-state index in [1.807, 2.05) is 18.2 Å². The van der Waals surface area contributed by atoms with Crippen LogP contribution in [0.3, 0.4) is 0 Å². The van der Waals surface area contributed by atoms with Crippen molar-refractivity contribution in [3.8, 4) is 0 Å². The van der Waals surface area contributed by atoms with Crippen LogP contribution in [-0.4, -0.2) is 56.1 Å². The summed E-state index contributed by atoms with van der Waals surface area (Å²) in [6, 6.07) is 12.1. The molecule has 0 spiro atoms. The normalized spacial score (nSPS) is 14.0. The quantitative estimate of drug-likeness (QED) is 0.607. The number of nitrogens with zero attached hydrogens (tertiary/aromatic N) is 1. The van der Waals surface area contributed by atoms with Gasteiger partial charge < -0.3 is 21.7 Å². The van der Waals surface area contributed by atoms with Crippen LogP contribution in [0, 0.1) is 0 Å².